The Hall–Kier alpha value is -2.41. The highest BCUT2D eigenvalue weighted by Crippen LogP contribution is 2.29. The van der Waals surface area contributed by atoms with Crippen molar-refractivity contribution >= 4 is 16.6 Å². The Kier molecular flexibility index (Phi) is 4.11. The molecule has 142 valence electrons. The van der Waals surface area contributed by atoms with E-state index >= 15 is 0 Å². The number of aromatic nitrogens is 4. The van der Waals surface area contributed by atoms with Gasteiger partial charge in [-0.05, 0) is 44.2 Å². The van der Waals surface area contributed by atoms with E-state index in [-0.39, 0.29) is 23.4 Å². The predicted molar refractivity (Wildman–Crippen MR) is 102 cm³/mol. The number of ether oxygens (including phenoxy) is 1. The van der Waals surface area contributed by atoms with Crippen molar-refractivity contribution in [3.05, 3.63) is 45.2 Å². The molecule has 1 atom stereocenters. The van der Waals surface area contributed by atoms with E-state index in [1.54, 1.807) is 22.9 Å². The lowest BCUT2D eigenvalue weighted by Crippen LogP contribution is -2.35. The van der Waals surface area contributed by atoms with E-state index in [1.807, 2.05) is 10.6 Å². The second kappa shape index (κ2) is 6.64. The van der Waals surface area contributed by atoms with Crippen molar-refractivity contribution in [2.75, 3.05) is 6.61 Å². The third-order valence-corrected chi connectivity index (χ3v) is 6.01. The number of rotatable bonds is 2. The molecule has 0 N–H and O–H groups in total. The zero-order chi connectivity index (χ0) is 18.4. The first-order valence-corrected chi connectivity index (χ1v) is 10.0. The van der Waals surface area contributed by atoms with E-state index in [0.717, 1.165) is 44.9 Å². The first-order valence-electron chi connectivity index (χ1n) is 10.0. The van der Waals surface area contributed by atoms with Gasteiger partial charge in [0.1, 0.15) is 11.0 Å². The van der Waals surface area contributed by atoms with Gasteiger partial charge in [0.25, 0.3) is 11.1 Å². The SMILES string of the molecule is O=c1c2c(cnn1C1CCCCO1)n(C1CCCCC1)c(=O)c1cccn12. The van der Waals surface area contributed by atoms with Gasteiger partial charge in [-0.15, -0.1) is 0 Å². The van der Waals surface area contributed by atoms with E-state index in [4.69, 9.17) is 4.74 Å². The summed E-state index contributed by atoms with van der Waals surface area (Å²) in [5, 5.41) is 4.42. The molecule has 0 bridgehead atoms. The lowest BCUT2D eigenvalue weighted by Gasteiger charge is -2.27. The maximum atomic E-state index is 13.4. The quantitative estimate of drug-likeness (QED) is 0.697. The van der Waals surface area contributed by atoms with Crippen LogP contribution in [-0.4, -0.2) is 25.4 Å². The second-order valence-electron chi connectivity index (χ2n) is 7.68. The van der Waals surface area contributed by atoms with Crippen LogP contribution in [0.4, 0.5) is 0 Å². The molecular formula is C20H24N4O3. The summed E-state index contributed by atoms with van der Waals surface area (Å²) >= 11 is 0. The Bertz CT molecular complexity index is 1100. The van der Waals surface area contributed by atoms with Crippen LogP contribution in [-0.2, 0) is 4.74 Å². The van der Waals surface area contributed by atoms with E-state index in [2.05, 4.69) is 5.10 Å². The van der Waals surface area contributed by atoms with Crippen LogP contribution in [0.15, 0.2) is 34.1 Å². The molecule has 0 radical (unpaired) electrons. The molecule has 2 aliphatic rings. The smallest absolute Gasteiger partial charge is 0.295 e. The van der Waals surface area contributed by atoms with Crippen LogP contribution in [0.1, 0.15) is 63.6 Å². The lowest BCUT2D eigenvalue weighted by atomic mass is 9.95. The van der Waals surface area contributed by atoms with Crippen LogP contribution < -0.4 is 11.1 Å². The molecule has 1 aliphatic heterocycles. The maximum absolute atomic E-state index is 13.4. The van der Waals surface area contributed by atoms with Crippen LogP contribution in [0.2, 0.25) is 0 Å². The van der Waals surface area contributed by atoms with Gasteiger partial charge in [-0.2, -0.15) is 9.78 Å². The van der Waals surface area contributed by atoms with Crippen molar-refractivity contribution in [1.29, 1.82) is 0 Å². The molecule has 2 fully saturated rings. The van der Waals surface area contributed by atoms with Crippen LogP contribution in [0, 0.1) is 0 Å². The minimum Gasteiger partial charge on any atom is -0.356 e. The summed E-state index contributed by atoms with van der Waals surface area (Å²) in [6, 6.07) is 3.75. The molecule has 1 saturated carbocycles. The topological polar surface area (TPSA) is 70.5 Å². The monoisotopic (exact) mass is 368 g/mol. The molecule has 0 aromatic carbocycles. The van der Waals surface area contributed by atoms with Gasteiger partial charge in [-0.1, -0.05) is 19.3 Å². The zero-order valence-corrected chi connectivity index (χ0v) is 15.3. The normalized spacial score (nSPS) is 21.9. The fourth-order valence-electron chi connectivity index (χ4n) is 4.66. The summed E-state index contributed by atoms with van der Waals surface area (Å²) in [5.41, 5.74) is 1.47. The molecule has 4 heterocycles. The Balaban J connectivity index is 1.79. The number of nitrogens with zero attached hydrogens (tertiary/aromatic N) is 4. The molecule has 3 aromatic heterocycles. The molecule has 5 rings (SSSR count). The average molecular weight is 368 g/mol. The van der Waals surface area contributed by atoms with Crippen molar-refractivity contribution in [2.24, 2.45) is 0 Å². The van der Waals surface area contributed by atoms with Crippen molar-refractivity contribution in [1.82, 2.24) is 18.7 Å². The third-order valence-electron chi connectivity index (χ3n) is 6.01. The Labute approximate surface area is 156 Å². The summed E-state index contributed by atoms with van der Waals surface area (Å²) in [6.45, 7) is 0.650. The van der Waals surface area contributed by atoms with E-state index in [0.29, 0.717) is 23.2 Å². The van der Waals surface area contributed by atoms with Crippen LogP contribution in [0.5, 0.6) is 0 Å². The van der Waals surface area contributed by atoms with Gasteiger partial charge in [0.15, 0.2) is 6.23 Å². The molecule has 3 aromatic rings. The van der Waals surface area contributed by atoms with Gasteiger partial charge in [0.05, 0.1) is 11.7 Å². The number of fused-ring (bicyclic) bond motifs is 3. The van der Waals surface area contributed by atoms with E-state index < -0.39 is 0 Å². The fraction of sp³-hybridized carbons (Fsp3) is 0.550. The summed E-state index contributed by atoms with van der Waals surface area (Å²) in [6.07, 6.45) is 11.4. The Morgan fingerprint density at radius 1 is 0.963 bits per heavy atom. The van der Waals surface area contributed by atoms with E-state index in [9.17, 15) is 9.59 Å². The summed E-state index contributed by atoms with van der Waals surface area (Å²) in [5.74, 6) is 0. The average Bonchev–Trinajstić information content (AvgIpc) is 3.20. The summed E-state index contributed by atoms with van der Waals surface area (Å²) < 4.78 is 10.8. The predicted octanol–water partition coefficient (Wildman–Crippen LogP) is 3.02. The minimum atomic E-state index is -0.323. The van der Waals surface area contributed by atoms with Gasteiger partial charge in [-0.3, -0.25) is 9.59 Å². The van der Waals surface area contributed by atoms with Gasteiger partial charge in [-0.25, -0.2) is 0 Å². The first-order chi connectivity index (χ1) is 13.3. The molecule has 1 unspecified atom stereocenters. The molecular weight excluding hydrogens is 344 g/mol. The standard InChI is InChI=1S/C20H24N4O3/c25-19-15-9-6-11-22(15)18-16(23(19)14-7-2-1-3-8-14)13-21-24(20(18)26)17-10-4-5-12-27-17/h6,9,11,13-14,17H,1-5,7-8,10,12H2. The highest BCUT2D eigenvalue weighted by molar-refractivity contribution is 5.77. The van der Waals surface area contributed by atoms with Crippen LogP contribution in [0.25, 0.3) is 16.6 Å². The molecule has 1 aliphatic carbocycles. The Morgan fingerprint density at radius 3 is 2.56 bits per heavy atom. The van der Waals surface area contributed by atoms with Gasteiger partial charge < -0.3 is 13.7 Å². The van der Waals surface area contributed by atoms with Crippen molar-refractivity contribution < 1.29 is 4.74 Å². The molecule has 0 spiro atoms. The lowest BCUT2D eigenvalue weighted by molar-refractivity contribution is -0.0421. The first kappa shape index (κ1) is 16.7. The van der Waals surface area contributed by atoms with Crippen molar-refractivity contribution in [3.8, 4) is 0 Å². The van der Waals surface area contributed by atoms with Crippen molar-refractivity contribution in [2.45, 2.75) is 63.6 Å². The fourth-order valence-corrected chi connectivity index (χ4v) is 4.66. The zero-order valence-electron chi connectivity index (χ0n) is 15.3. The highest BCUT2D eigenvalue weighted by atomic mass is 16.5. The minimum absolute atomic E-state index is 0.0349. The second-order valence-corrected chi connectivity index (χ2v) is 7.68. The third kappa shape index (κ3) is 2.64. The molecule has 1 saturated heterocycles. The molecule has 7 nitrogen and oxygen atoms in total. The maximum Gasteiger partial charge on any atom is 0.295 e. The van der Waals surface area contributed by atoms with Crippen LogP contribution in [0.3, 0.4) is 0 Å². The van der Waals surface area contributed by atoms with Gasteiger partial charge >= 0.3 is 0 Å². The van der Waals surface area contributed by atoms with Crippen molar-refractivity contribution in [3.63, 3.8) is 0 Å². The summed E-state index contributed by atoms with van der Waals surface area (Å²) in [7, 11) is 0. The highest BCUT2D eigenvalue weighted by Gasteiger charge is 2.25. The van der Waals surface area contributed by atoms with Gasteiger partial charge in [0, 0.05) is 18.8 Å². The number of hydrogen-bond acceptors (Lipinski definition) is 4. The number of hydrogen-bond donors (Lipinski definition) is 0. The van der Waals surface area contributed by atoms with Crippen LogP contribution >= 0.6 is 0 Å². The Morgan fingerprint density at radius 2 is 1.78 bits per heavy atom. The molecule has 0 amide bonds. The molecule has 27 heavy (non-hydrogen) atoms. The van der Waals surface area contributed by atoms with Gasteiger partial charge in [0.2, 0.25) is 0 Å². The summed E-state index contributed by atoms with van der Waals surface area (Å²) in [4.78, 5) is 26.6. The van der Waals surface area contributed by atoms with E-state index in [1.165, 1.54) is 11.1 Å². The molecule has 7 heteroatoms. The largest absolute Gasteiger partial charge is 0.356 e.